The highest BCUT2D eigenvalue weighted by atomic mass is 19.2. The van der Waals surface area contributed by atoms with Crippen molar-refractivity contribution in [3.05, 3.63) is 108 Å². The molecule has 0 radical (unpaired) electrons. The van der Waals surface area contributed by atoms with Crippen LogP contribution in [0.3, 0.4) is 0 Å². The Bertz CT molecular complexity index is 1120. The van der Waals surface area contributed by atoms with E-state index in [4.69, 9.17) is 0 Å². The fraction of sp³-hybridized carbons (Fsp3) is 0.111. The highest BCUT2D eigenvalue weighted by Gasteiger charge is 2.16. The molecular formula is C27H22F2. The van der Waals surface area contributed by atoms with E-state index in [9.17, 15) is 8.78 Å². The van der Waals surface area contributed by atoms with Crippen LogP contribution in [0, 0.1) is 18.6 Å². The van der Waals surface area contributed by atoms with Gasteiger partial charge in [0.25, 0.3) is 0 Å². The Morgan fingerprint density at radius 2 is 0.897 bits per heavy atom. The average Bonchev–Trinajstić information content (AvgIpc) is 2.76. The molecule has 29 heavy (non-hydrogen) atoms. The summed E-state index contributed by atoms with van der Waals surface area (Å²) in [5.41, 5.74) is 6.40. The lowest BCUT2D eigenvalue weighted by Crippen LogP contribution is -1.94. The molecule has 0 heterocycles. The molecule has 0 aliphatic heterocycles. The van der Waals surface area contributed by atoms with Crippen molar-refractivity contribution in [3.8, 4) is 33.4 Å². The second-order valence-electron chi connectivity index (χ2n) is 7.28. The van der Waals surface area contributed by atoms with Gasteiger partial charge >= 0.3 is 0 Å². The molecule has 0 spiro atoms. The van der Waals surface area contributed by atoms with Gasteiger partial charge in [0.15, 0.2) is 11.6 Å². The molecule has 0 fully saturated rings. The van der Waals surface area contributed by atoms with Crippen molar-refractivity contribution >= 4 is 0 Å². The van der Waals surface area contributed by atoms with Crippen LogP contribution in [0.4, 0.5) is 8.78 Å². The minimum Gasteiger partial charge on any atom is -0.203 e. The molecule has 0 bridgehead atoms. The van der Waals surface area contributed by atoms with E-state index in [2.05, 4.69) is 31.2 Å². The van der Waals surface area contributed by atoms with Gasteiger partial charge < -0.3 is 0 Å². The predicted molar refractivity (Wildman–Crippen MR) is 117 cm³/mol. The zero-order valence-corrected chi connectivity index (χ0v) is 16.5. The van der Waals surface area contributed by atoms with Crippen LogP contribution in [-0.4, -0.2) is 0 Å². The molecular weight excluding hydrogens is 362 g/mol. The summed E-state index contributed by atoms with van der Waals surface area (Å²) in [6.45, 7) is 4.11. The lowest BCUT2D eigenvalue weighted by atomic mass is 9.96. The van der Waals surface area contributed by atoms with Crippen LogP contribution in [-0.2, 0) is 6.42 Å². The number of benzene rings is 4. The summed E-state index contributed by atoms with van der Waals surface area (Å²) in [7, 11) is 0. The summed E-state index contributed by atoms with van der Waals surface area (Å²) in [4.78, 5) is 0. The molecule has 0 aromatic heterocycles. The van der Waals surface area contributed by atoms with E-state index in [1.807, 2.05) is 55.5 Å². The van der Waals surface area contributed by atoms with Gasteiger partial charge in [0.1, 0.15) is 0 Å². The molecule has 144 valence electrons. The molecule has 0 unspecified atom stereocenters. The summed E-state index contributed by atoms with van der Waals surface area (Å²) in [5, 5.41) is 0. The minimum atomic E-state index is -0.815. The highest BCUT2D eigenvalue weighted by Crippen LogP contribution is 2.32. The standard InChI is InChI=1S/C27H22F2/c1-3-19-6-10-22(11-7-19)24-16-17-25(27(29)26(24)28)23-14-12-21(13-15-23)20-8-4-18(2)5-9-20/h4-17H,3H2,1-2H3. The first kappa shape index (κ1) is 19.1. The Hall–Kier alpha value is -3.26. The van der Waals surface area contributed by atoms with E-state index < -0.39 is 11.6 Å². The van der Waals surface area contributed by atoms with Crippen LogP contribution < -0.4 is 0 Å². The lowest BCUT2D eigenvalue weighted by molar-refractivity contribution is 0.514. The zero-order valence-electron chi connectivity index (χ0n) is 16.5. The van der Waals surface area contributed by atoms with E-state index in [1.165, 1.54) is 11.1 Å². The number of hydrogen-bond acceptors (Lipinski definition) is 0. The Labute approximate surface area is 170 Å². The van der Waals surface area contributed by atoms with E-state index in [0.717, 1.165) is 17.5 Å². The van der Waals surface area contributed by atoms with Crippen LogP contribution in [0.5, 0.6) is 0 Å². The van der Waals surface area contributed by atoms with Crippen molar-refractivity contribution in [2.45, 2.75) is 20.3 Å². The van der Waals surface area contributed by atoms with Gasteiger partial charge in [-0.1, -0.05) is 97.4 Å². The quantitative estimate of drug-likeness (QED) is 0.336. The van der Waals surface area contributed by atoms with Gasteiger partial charge in [0.05, 0.1) is 0 Å². The Morgan fingerprint density at radius 3 is 1.34 bits per heavy atom. The molecule has 4 aromatic rings. The van der Waals surface area contributed by atoms with Gasteiger partial charge in [-0.15, -0.1) is 0 Å². The summed E-state index contributed by atoms with van der Waals surface area (Å²) >= 11 is 0. The maximum Gasteiger partial charge on any atom is 0.167 e. The first-order chi connectivity index (χ1) is 14.1. The normalized spacial score (nSPS) is 10.9. The molecule has 4 aromatic carbocycles. The molecule has 0 N–H and O–H groups in total. The number of hydrogen-bond donors (Lipinski definition) is 0. The van der Waals surface area contributed by atoms with Crippen LogP contribution >= 0.6 is 0 Å². The van der Waals surface area contributed by atoms with Crippen LogP contribution in [0.15, 0.2) is 84.9 Å². The van der Waals surface area contributed by atoms with E-state index >= 15 is 0 Å². The molecule has 4 rings (SSSR count). The van der Waals surface area contributed by atoms with Crippen LogP contribution in [0.2, 0.25) is 0 Å². The fourth-order valence-corrected chi connectivity index (χ4v) is 3.50. The third-order valence-corrected chi connectivity index (χ3v) is 5.34. The summed E-state index contributed by atoms with van der Waals surface area (Å²) in [5.74, 6) is -1.63. The van der Waals surface area contributed by atoms with E-state index in [-0.39, 0.29) is 11.1 Å². The second-order valence-corrected chi connectivity index (χ2v) is 7.28. The van der Waals surface area contributed by atoms with Gasteiger partial charge in [-0.05, 0) is 41.2 Å². The van der Waals surface area contributed by atoms with Gasteiger partial charge in [-0.25, -0.2) is 8.78 Å². The molecule has 0 aliphatic rings. The number of halogens is 2. The van der Waals surface area contributed by atoms with Gasteiger partial charge in [-0.2, -0.15) is 0 Å². The third kappa shape index (κ3) is 3.84. The first-order valence-corrected chi connectivity index (χ1v) is 9.81. The molecule has 0 amide bonds. The second kappa shape index (κ2) is 8.00. The van der Waals surface area contributed by atoms with Crippen molar-refractivity contribution < 1.29 is 8.78 Å². The van der Waals surface area contributed by atoms with Crippen molar-refractivity contribution in [3.63, 3.8) is 0 Å². The minimum absolute atomic E-state index is 0.270. The predicted octanol–water partition coefficient (Wildman–Crippen LogP) is 7.84. The fourth-order valence-electron chi connectivity index (χ4n) is 3.50. The van der Waals surface area contributed by atoms with Crippen molar-refractivity contribution in [2.75, 3.05) is 0 Å². The molecule has 0 nitrogen and oxygen atoms in total. The summed E-state index contributed by atoms with van der Waals surface area (Å²) in [6.07, 6.45) is 0.911. The summed E-state index contributed by atoms with van der Waals surface area (Å²) < 4.78 is 29.7. The Balaban J connectivity index is 1.66. The number of rotatable bonds is 4. The molecule has 0 saturated carbocycles. The van der Waals surface area contributed by atoms with Gasteiger partial charge in [-0.3, -0.25) is 0 Å². The molecule has 0 saturated heterocycles. The SMILES string of the molecule is CCc1ccc(-c2ccc(-c3ccc(-c4ccc(C)cc4)cc3)c(F)c2F)cc1. The monoisotopic (exact) mass is 384 g/mol. The first-order valence-electron chi connectivity index (χ1n) is 9.81. The lowest BCUT2D eigenvalue weighted by Gasteiger charge is -2.10. The van der Waals surface area contributed by atoms with Crippen LogP contribution in [0.1, 0.15) is 18.1 Å². The van der Waals surface area contributed by atoms with Gasteiger partial charge in [0.2, 0.25) is 0 Å². The van der Waals surface area contributed by atoms with Crippen molar-refractivity contribution in [2.24, 2.45) is 0 Å². The highest BCUT2D eigenvalue weighted by molar-refractivity contribution is 5.74. The third-order valence-electron chi connectivity index (χ3n) is 5.34. The van der Waals surface area contributed by atoms with Gasteiger partial charge in [0, 0.05) is 11.1 Å². The topological polar surface area (TPSA) is 0 Å². The maximum atomic E-state index is 14.9. The maximum absolute atomic E-state index is 14.9. The largest absolute Gasteiger partial charge is 0.203 e. The molecule has 0 aliphatic carbocycles. The van der Waals surface area contributed by atoms with E-state index in [0.29, 0.717) is 11.1 Å². The van der Waals surface area contributed by atoms with E-state index in [1.54, 1.807) is 12.1 Å². The van der Waals surface area contributed by atoms with Crippen molar-refractivity contribution in [1.29, 1.82) is 0 Å². The molecule has 0 atom stereocenters. The van der Waals surface area contributed by atoms with Crippen molar-refractivity contribution in [1.82, 2.24) is 0 Å². The number of aryl methyl sites for hydroxylation is 2. The average molecular weight is 384 g/mol. The smallest absolute Gasteiger partial charge is 0.167 e. The Kier molecular flexibility index (Phi) is 5.26. The van der Waals surface area contributed by atoms with Crippen LogP contribution in [0.25, 0.3) is 33.4 Å². The molecule has 2 heteroatoms. The summed E-state index contributed by atoms with van der Waals surface area (Å²) in [6, 6.07) is 26.7. The zero-order chi connectivity index (χ0) is 20.4. The Morgan fingerprint density at radius 1 is 0.517 bits per heavy atom.